The number of nitrogens with zero attached hydrogens (tertiary/aromatic N) is 2. The van der Waals surface area contributed by atoms with Crippen molar-refractivity contribution in [3.8, 4) is 5.69 Å². The first-order valence-electron chi connectivity index (χ1n) is 7.08. The molecule has 1 amide bonds. The van der Waals surface area contributed by atoms with E-state index in [1.54, 1.807) is 0 Å². The molecule has 0 bridgehead atoms. The highest BCUT2D eigenvalue weighted by atomic mass is 16.1. The number of rotatable bonds is 3. The van der Waals surface area contributed by atoms with E-state index in [9.17, 15) is 4.79 Å². The number of anilines is 1. The van der Waals surface area contributed by atoms with Gasteiger partial charge >= 0.3 is 0 Å². The van der Waals surface area contributed by atoms with Crippen LogP contribution in [-0.4, -0.2) is 15.7 Å². The average molecular weight is 269 g/mol. The number of aromatic nitrogens is 2. The Morgan fingerprint density at radius 1 is 1.30 bits per heavy atom. The van der Waals surface area contributed by atoms with Crippen LogP contribution in [0.1, 0.15) is 30.7 Å². The van der Waals surface area contributed by atoms with E-state index in [1.807, 2.05) is 48.9 Å². The quantitative estimate of drug-likeness (QED) is 0.930. The van der Waals surface area contributed by atoms with Gasteiger partial charge in [0, 0.05) is 11.6 Å². The van der Waals surface area contributed by atoms with Crippen molar-refractivity contribution < 1.29 is 4.79 Å². The summed E-state index contributed by atoms with van der Waals surface area (Å²) in [5, 5.41) is 7.54. The zero-order chi connectivity index (χ0) is 14.1. The van der Waals surface area contributed by atoms with Gasteiger partial charge in [-0.2, -0.15) is 5.10 Å². The molecule has 1 aromatic carbocycles. The molecule has 0 spiro atoms. The Morgan fingerprint density at radius 2 is 2.05 bits per heavy atom. The monoisotopic (exact) mass is 269 g/mol. The first-order valence-corrected chi connectivity index (χ1v) is 7.08. The van der Waals surface area contributed by atoms with Crippen LogP contribution in [0.15, 0.2) is 30.3 Å². The topological polar surface area (TPSA) is 46.9 Å². The molecule has 20 heavy (non-hydrogen) atoms. The summed E-state index contributed by atoms with van der Waals surface area (Å²) in [6.07, 6.45) is 3.18. The highest BCUT2D eigenvalue weighted by Gasteiger charge is 2.25. The van der Waals surface area contributed by atoms with Crippen molar-refractivity contribution in [1.29, 1.82) is 0 Å². The molecule has 3 rings (SSSR count). The van der Waals surface area contributed by atoms with Crippen molar-refractivity contribution in [2.75, 3.05) is 5.32 Å². The molecule has 4 nitrogen and oxygen atoms in total. The average Bonchev–Trinajstić information content (AvgIpc) is 2.66. The number of hydrogen-bond donors (Lipinski definition) is 1. The third kappa shape index (κ3) is 2.33. The smallest absolute Gasteiger partial charge is 0.227 e. The zero-order valence-electron chi connectivity index (χ0n) is 11.9. The second-order valence-corrected chi connectivity index (χ2v) is 5.47. The van der Waals surface area contributed by atoms with Gasteiger partial charge in [0.05, 0.1) is 17.1 Å². The van der Waals surface area contributed by atoms with Gasteiger partial charge in [-0.3, -0.25) is 4.79 Å². The molecule has 4 heteroatoms. The van der Waals surface area contributed by atoms with Crippen molar-refractivity contribution in [2.45, 2.75) is 33.1 Å². The van der Waals surface area contributed by atoms with Crippen molar-refractivity contribution in [1.82, 2.24) is 9.78 Å². The molecule has 0 unspecified atom stereocenters. The van der Waals surface area contributed by atoms with Crippen molar-refractivity contribution in [3.63, 3.8) is 0 Å². The maximum atomic E-state index is 12.1. The molecule has 1 aromatic heterocycles. The molecule has 0 atom stereocenters. The lowest BCUT2D eigenvalue weighted by Gasteiger charge is -2.24. The van der Waals surface area contributed by atoms with Gasteiger partial charge in [0.25, 0.3) is 0 Å². The first kappa shape index (κ1) is 12.9. The maximum Gasteiger partial charge on any atom is 0.227 e. The summed E-state index contributed by atoms with van der Waals surface area (Å²) in [5.41, 5.74) is 3.79. The summed E-state index contributed by atoms with van der Waals surface area (Å²) in [6, 6.07) is 9.85. The Balaban J connectivity index is 1.91. The fraction of sp³-hybridized carbons (Fsp3) is 0.375. The van der Waals surface area contributed by atoms with Crippen LogP contribution in [0, 0.1) is 19.8 Å². The van der Waals surface area contributed by atoms with Crippen molar-refractivity contribution in [2.24, 2.45) is 5.92 Å². The van der Waals surface area contributed by atoms with Crippen LogP contribution in [-0.2, 0) is 4.79 Å². The van der Waals surface area contributed by atoms with E-state index in [-0.39, 0.29) is 11.8 Å². The van der Waals surface area contributed by atoms with Gasteiger partial charge in [0.15, 0.2) is 0 Å². The van der Waals surface area contributed by atoms with Crippen LogP contribution in [0.5, 0.6) is 0 Å². The van der Waals surface area contributed by atoms with Crippen LogP contribution in [0.25, 0.3) is 5.69 Å². The van der Waals surface area contributed by atoms with E-state index in [2.05, 4.69) is 10.4 Å². The van der Waals surface area contributed by atoms with Crippen LogP contribution < -0.4 is 5.32 Å². The molecular formula is C16H19N3O. The van der Waals surface area contributed by atoms with Crippen LogP contribution in [0.2, 0.25) is 0 Å². The van der Waals surface area contributed by atoms with Gasteiger partial charge in [-0.25, -0.2) is 4.68 Å². The number of amides is 1. The predicted molar refractivity (Wildman–Crippen MR) is 79.0 cm³/mol. The Hall–Kier alpha value is -2.10. The van der Waals surface area contributed by atoms with Crippen LogP contribution >= 0.6 is 0 Å². The number of hydrogen-bond acceptors (Lipinski definition) is 2. The van der Waals surface area contributed by atoms with Gasteiger partial charge < -0.3 is 5.32 Å². The maximum absolute atomic E-state index is 12.1. The first-order chi connectivity index (χ1) is 9.65. The SMILES string of the molecule is Cc1cc(C)n(-c2ccccc2NC(=O)C2CCC2)n1. The lowest BCUT2D eigenvalue weighted by atomic mass is 9.85. The second-order valence-electron chi connectivity index (χ2n) is 5.47. The van der Waals surface area contributed by atoms with E-state index in [0.29, 0.717) is 0 Å². The lowest BCUT2D eigenvalue weighted by Crippen LogP contribution is -2.28. The standard InChI is InChI=1S/C16H19N3O/c1-11-10-12(2)19(18-11)15-9-4-3-8-14(15)17-16(20)13-6-5-7-13/h3-4,8-10,13H,5-7H2,1-2H3,(H,17,20). The molecule has 0 aliphatic heterocycles. The summed E-state index contributed by atoms with van der Waals surface area (Å²) < 4.78 is 1.88. The number of nitrogens with one attached hydrogen (secondary N) is 1. The number of carbonyl (C=O) groups excluding carboxylic acids is 1. The summed E-state index contributed by atoms with van der Waals surface area (Å²) in [6.45, 7) is 3.99. The molecule has 104 valence electrons. The Labute approximate surface area is 118 Å². The second kappa shape index (κ2) is 5.12. The minimum absolute atomic E-state index is 0.130. The highest BCUT2D eigenvalue weighted by molar-refractivity contribution is 5.94. The summed E-state index contributed by atoms with van der Waals surface area (Å²) >= 11 is 0. The Bertz CT molecular complexity index is 641. The van der Waals surface area contributed by atoms with Gasteiger partial charge in [-0.15, -0.1) is 0 Å². The van der Waals surface area contributed by atoms with Gasteiger partial charge in [0.1, 0.15) is 0 Å². The van der Waals surface area contributed by atoms with Gasteiger partial charge in [0.2, 0.25) is 5.91 Å². The molecule has 0 saturated heterocycles. The number of carbonyl (C=O) groups is 1. The number of benzene rings is 1. The van der Waals surface area contributed by atoms with Crippen LogP contribution in [0.3, 0.4) is 0 Å². The minimum Gasteiger partial charge on any atom is -0.324 e. The van der Waals surface area contributed by atoms with Gasteiger partial charge in [-0.05, 0) is 44.9 Å². The Morgan fingerprint density at radius 3 is 2.65 bits per heavy atom. The lowest BCUT2D eigenvalue weighted by molar-refractivity contribution is -0.122. The van der Waals surface area contributed by atoms with E-state index in [4.69, 9.17) is 0 Å². The minimum atomic E-state index is 0.130. The largest absolute Gasteiger partial charge is 0.324 e. The fourth-order valence-corrected chi connectivity index (χ4v) is 2.54. The van der Waals surface area contributed by atoms with Crippen molar-refractivity contribution in [3.05, 3.63) is 41.7 Å². The third-order valence-corrected chi connectivity index (χ3v) is 3.88. The molecule has 1 heterocycles. The van der Waals surface area contributed by atoms with E-state index in [0.717, 1.165) is 42.0 Å². The van der Waals surface area contributed by atoms with E-state index >= 15 is 0 Å². The molecular weight excluding hydrogens is 250 g/mol. The zero-order valence-corrected chi connectivity index (χ0v) is 11.9. The summed E-state index contributed by atoms with van der Waals surface area (Å²) in [5.74, 6) is 0.314. The molecule has 1 aliphatic carbocycles. The molecule has 1 aliphatic rings. The molecule has 1 N–H and O–H groups in total. The van der Waals surface area contributed by atoms with E-state index in [1.165, 1.54) is 0 Å². The fourth-order valence-electron chi connectivity index (χ4n) is 2.54. The predicted octanol–water partition coefficient (Wildman–Crippen LogP) is 3.23. The molecule has 0 radical (unpaired) electrons. The normalized spacial score (nSPS) is 14.9. The van der Waals surface area contributed by atoms with E-state index < -0.39 is 0 Å². The molecule has 1 saturated carbocycles. The molecule has 1 fully saturated rings. The van der Waals surface area contributed by atoms with Crippen molar-refractivity contribution >= 4 is 11.6 Å². The molecule has 2 aromatic rings. The third-order valence-electron chi connectivity index (χ3n) is 3.88. The summed E-state index contributed by atoms with van der Waals surface area (Å²) in [4.78, 5) is 12.1. The number of aryl methyl sites for hydroxylation is 2. The van der Waals surface area contributed by atoms with Gasteiger partial charge in [-0.1, -0.05) is 18.6 Å². The highest BCUT2D eigenvalue weighted by Crippen LogP contribution is 2.29. The number of para-hydroxylation sites is 2. The Kier molecular flexibility index (Phi) is 3.30. The van der Waals surface area contributed by atoms with Crippen LogP contribution in [0.4, 0.5) is 5.69 Å². The summed E-state index contributed by atoms with van der Waals surface area (Å²) in [7, 11) is 0.